The van der Waals surface area contributed by atoms with Gasteiger partial charge in [0.15, 0.2) is 5.16 Å². The standard InChI is InChI=1S/C17H19N3OS/c1-4-9-18-16(21)12-22-17-19-10-11-20(17)15-8-6-5-7-14(15)13(2)3/h1,5-8,10-11,13H,9,12H2,2-3H3,(H,18,21). The van der Waals surface area contributed by atoms with Crippen molar-refractivity contribution in [1.29, 1.82) is 0 Å². The maximum atomic E-state index is 11.7. The van der Waals surface area contributed by atoms with Crippen LogP contribution in [0.25, 0.3) is 5.69 Å². The maximum Gasteiger partial charge on any atom is 0.231 e. The van der Waals surface area contributed by atoms with Crippen molar-refractivity contribution in [1.82, 2.24) is 14.9 Å². The van der Waals surface area contributed by atoms with Crippen LogP contribution in [0.3, 0.4) is 0 Å². The zero-order chi connectivity index (χ0) is 15.9. The smallest absolute Gasteiger partial charge is 0.231 e. The second-order valence-electron chi connectivity index (χ2n) is 5.06. The molecule has 5 heteroatoms. The molecule has 2 rings (SSSR count). The average molecular weight is 313 g/mol. The number of rotatable bonds is 6. The Labute approximate surface area is 135 Å². The van der Waals surface area contributed by atoms with E-state index >= 15 is 0 Å². The van der Waals surface area contributed by atoms with Gasteiger partial charge in [0, 0.05) is 12.4 Å². The number of thioether (sulfide) groups is 1. The van der Waals surface area contributed by atoms with E-state index in [0.717, 1.165) is 10.8 Å². The van der Waals surface area contributed by atoms with Gasteiger partial charge in [0.05, 0.1) is 18.0 Å². The molecule has 0 spiro atoms. The molecule has 4 nitrogen and oxygen atoms in total. The lowest BCUT2D eigenvalue weighted by molar-refractivity contribution is -0.118. The van der Waals surface area contributed by atoms with Crippen molar-refractivity contribution in [2.24, 2.45) is 0 Å². The summed E-state index contributed by atoms with van der Waals surface area (Å²) in [5, 5.41) is 3.45. The summed E-state index contributed by atoms with van der Waals surface area (Å²) in [4.78, 5) is 16.0. The van der Waals surface area contributed by atoms with E-state index in [-0.39, 0.29) is 12.5 Å². The quantitative estimate of drug-likeness (QED) is 0.659. The number of terminal acetylenes is 1. The third-order valence-corrected chi connectivity index (χ3v) is 4.11. The van der Waals surface area contributed by atoms with E-state index in [4.69, 9.17) is 6.42 Å². The number of nitrogens with one attached hydrogen (secondary N) is 1. The van der Waals surface area contributed by atoms with Gasteiger partial charge >= 0.3 is 0 Å². The highest BCUT2D eigenvalue weighted by molar-refractivity contribution is 7.99. The van der Waals surface area contributed by atoms with Crippen LogP contribution in [-0.2, 0) is 4.79 Å². The van der Waals surface area contributed by atoms with Crippen LogP contribution in [0.2, 0.25) is 0 Å². The minimum Gasteiger partial charge on any atom is -0.344 e. The molecule has 1 heterocycles. The highest BCUT2D eigenvalue weighted by Crippen LogP contribution is 2.26. The lowest BCUT2D eigenvalue weighted by Crippen LogP contribution is -2.25. The molecule has 0 atom stereocenters. The fourth-order valence-electron chi connectivity index (χ4n) is 2.11. The molecule has 22 heavy (non-hydrogen) atoms. The summed E-state index contributed by atoms with van der Waals surface area (Å²) >= 11 is 1.40. The molecule has 0 saturated heterocycles. The Morgan fingerprint density at radius 1 is 1.45 bits per heavy atom. The monoisotopic (exact) mass is 313 g/mol. The third kappa shape index (κ3) is 3.92. The molecular formula is C17H19N3OS. The summed E-state index contributed by atoms with van der Waals surface area (Å²) in [7, 11) is 0. The molecule has 0 bridgehead atoms. The van der Waals surface area contributed by atoms with Crippen molar-refractivity contribution in [3.63, 3.8) is 0 Å². The van der Waals surface area contributed by atoms with Gasteiger partial charge in [-0.05, 0) is 17.5 Å². The van der Waals surface area contributed by atoms with Crippen molar-refractivity contribution < 1.29 is 4.79 Å². The predicted octanol–water partition coefficient (Wildman–Crippen LogP) is 2.84. The molecular weight excluding hydrogens is 294 g/mol. The largest absolute Gasteiger partial charge is 0.344 e. The van der Waals surface area contributed by atoms with Crippen LogP contribution in [0, 0.1) is 12.3 Å². The van der Waals surface area contributed by atoms with Gasteiger partial charge < -0.3 is 5.32 Å². The second-order valence-corrected chi connectivity index (χ2v) is 6.01. The average Bonchev–Trinajstić information content (AvgIpc) is 2.99. The first kappa shape index (κ1) is 16.2. The SMILES string of the molecule is C#CCNC(=O)CSc1nccn1-c1ccccc1C(C)C. The van der Waals surface area contributed by atoms with Gasteiger partial charge in [-0.25, -0.2) is 4.98 Å². The Kier molecular flexibility index (Phi) is 5.68. The summed E-state index contributed by atoms with van der Waals surface area (Å²) in [6, 6.07) is 8.23. The lowest BCUT2D eigenvalue weighted by atomic mass is 10.0. The Hall–Kier alpha value is -2.19. The molecule has 0 aliphatic heterocycles. The molecule has 114 valence electrons. The van der Waals surface area contributed by atoms with Crippen molar-refractivity contribution >= 4 is 17.7 Å². The minimum atomic E-state index is -0.0883. The number of amides is 1. The fourth-order valence-corrected chi connectivity index (χ4v) is 2.90. The van der Waals surface area contributed by atoms with Crippen LogP contribution in [0.1, 0.15) is 25.3 Å². The number of imidazole rings is 1. The lowest BCUT2D eigenvalue weighted by Gasteiger charge is -2.15. The summed E-state index contributed by atoms with van der Waals surface area (Å²) in [5.74, 6) is 3.01. The molecule has 2 aromatic rings. The Morgan fingerprint density at radius 3 is 2.95 bits per heavy atom. The summed E-state index contributed by atoms with van der Waals surface area (Å²) in [5.41, 5.74) is 2.35. The molecule has 1 amide bonds. The predicted molar refractivity (Wildman–Crippen MR) is 90.2 cm³/mol. The third-order valence-electron chi connectivity index (χ3n) is 3.15. The topological polar surface area (TPSA) is 46.9 Å². The van der Waals surface area contributed by atoms with E-state index in [1.54, 1.807) is 6.20 Å². The van der Waals surface area contributed by atoms with Gasteiger partial charge in [-0.15, -0.1) is 6.42 Å². The van der Waals surface area contributed by atoms with Crippen LogP contribution < -0.4 is 5.32 Å². The molecule has 1 aromatic heterocycles. The molecule has 0 aliphatic carbocycles. The normalized spacial score (nSPS) is 10.5. The van der Waals surface area contributed by atoms with Crippen molar-refractivity contribution in [3.05, 3.63) is 42.2 Å². The highest BCUT2D eigenvalue weighted by Gasteiger charge is 2.12. The summed E-state index contributed by atoms with van der Waals surface area (Å²) in [6.45, 7) is 4.58. The molecule has 0 fully saturated rings. The fraction of sp³-hybridized carbons (Fsp3) is 0.294. The van der Waals surface area contributed by atoms with Gasteiger partial charge in [0.2, 0.25) is 5.91 Å². The second kappa shape index (κ2) is 7.71. The first-order valence-electron chi connectivity index (χ1n) is 7.09. The van der Waals surface area contributed by atoms with Gasteiger partial charge in [-0.3, -0.25) is 9.36 Å². The van der Waals surface area contributed by atoms with Gasteiger partial charge in [0.1, 0.15) is 0 Å². The number of carbonyl (C=O) groups is 1. The van der Waals surface area contributed by atoms with E-state index in [1.165, 1.54) is 17.3 Å². The van der Waals surface area contributed by atoms with Gasteiger partial charge in [0.25, 0.3) is 0 Å². The number of aromatic nitrogens is 2. The number of carbonyl (C=O) groups excluding carboxylic acids is 1. The zero-order valence-corrected chi connectivity index (χ0v) is 13.6. The maximum absolute atomic E-state index is 11.7. The van der Waals surface area contributed by atoms with E-state index in [9.17, 15) is 4.79 Å². The van der Waals surface area contributed by atoms with Gasteiger partial charge in [-0.2, -0.15) is 0 Å². The molecule has 0 radical (unpaired) electrons. The van der Waals surface area contributed by atoms with Crippen LogP contribution >= 0.6 is 11.8 Å². The Balaban J connectivity index is 2.17. The molecule has 1 N–H and O–H groups in total. The minimum absolute atomic E-state index is 0.0883. The number of para-hydroxylation sites is 1. The number of nitrogens with zero attached hydrogens (tertiary/aromatic N) is 2. The van der Waals surface area contributed by atoms with Crippen LogP contribution in [0.15, 0.2) is 41.8 Å². The van der Waals surface area contributed by atoms with E-state index < -0.39 is 0 Å². The summed E-state index contributed by atoms with van der Waals surface area (Å²) in [6.07, 6.45) is 8.79. The van der Waals surface area contributed by atoms with E-state index in [1.807, 2.05) is 22.9 Å². The van der Waals surface area contributed by atoms with Crippen molar-refractivity contribution in [2.75, 3.05) is 12.3 Å². The molecule has 0 unspecified atom stereocenters. The Bertz CT molecular complexity index is 685. The molecule has 0 aliphatic rings. The van der Waals surface area contributed by atoms with Crippen molar-refractivity contribution in [2.45, 2.75) is 24.9 Å². The Morgan fingerprint density at radius 2 is 2.23 bits per heavy atom. The molecule has 0 saturated carbocycles. The number of benzene rings is 1. The van der Waals surface area contributed by atoms with E-state index in [0.29, 0.717) is 11.7 Å². The van der Waals surface area contributed by atoms with Crippen LogP contribution in [0.5, 0.6) is 0 Å². The molecule has 1 aromatic carbocycles. The van der Waals surface area contributed by atoms with Gasteiger partial charge in [-0.1, -0.05) is 49.7 Å². The van der Waals surface area contributed by atoms with E-state index in [2.05, 4.69) is 42.2 Å². The van der Waals surface area contributed by atoms with Crippen molar-refractivity contribution in [3.8, 4) is 18.0 Å². The summed E-state index contributed by atoms with van der Waals surface area (Å²) < 4.78 is 2.02. The first-order chi connectivity index (χ1) is 10.6. The van der Waals surface area contributed by atoms with Crippen LogP contribution in [-0.4, -0.2) is 27.8 Å². The first-order valence-corrected chi connectivity index (χ1v) is 8.07. The zero-order valence-electron chi connectivity index (χ0n) is 12.7. The van der Waals surface area contributed by atoms with Crippen LogP contribution in [0.4, 0.5) is 0 Å². The highest BCUT2D eigenvalue weighted by atomic mass is 32.2. The number of hydrogen-bond acceptors (Lipinski definition) is 3. The number of hydrogen-bond donors (Lipinski definition) is 1.